The van der Waals surface area contributed by atoms with E-state index in [1.165, 1.54) is 13.8 Å². The Morgan fingerprint density at radius 1 is 1.00 bits per heavy atom. The summed E-state index contributed by atoms with van der Waals surface area (Å²) in [4.78, 5) is 22.0. The number of Topliss-reactive ketones (excluding diaryl/α,β-unsaturated/α-hetero) is 1. The number of carbonyl (C=O) groups is 2. The quantitative estimate of drug-likeness (QED) is 0.392. The number of esters is 1. The molecule has 114 valence electrons. The molecule has 0 aliphatic heterocycles. The molecular weight excluding hydrogens is 280 g/mol. The molecule has 0 spiro atoms. The van der Waals surface area contributed by atoms with E-state index in [2.05, 4.69) is 17.9 Å². The lowest BCUT2D eigenvalue weighted by Gasteiger charge is -2.26. The van der Waals surface area contributed by atoms with Crippen LogP contribution in [0.5, 0.6) is 0 Å². The molecule has 0 aliphatic carbocycles. The highest BCUT2D eigenvalue weighted by atomic mass is 19.3. The normalized spacial score (nSPS) is 11.9. The second-order valence-corrected chi connectivity index (χ2v) is 4.47. The maximum atomic E-state index is 13.3. The fraction of sp³-hybridized carbons (Fsp3) is 0.538. The standard InChI is InChI=1S/C13H16F4O3/c1-8(2)10(18)5-6-12(14,15)13(16,17)7-20-11(19)9(3)4/h1,3,5-7H2,2,4H3. The largest absolute Gasteiger partial charge is 0.456 e. The fourth-order valence-electron chi connectivity index (χ4n) is 1.05. The van der Waals surface area contributed by atoms with Gasteiger partial charge in [0.1, 0.15) is 0 Å². The van der Waals surface area contributed by atoms with Crippen molar-refractivity contribution >= 4 is 11.8 Å². The minimum absolute atomic E-state index is 0.0119. The van der Waals surface area contributed by atoms with Gasteiger partial charge < -0.3 is 4.74 Å². The molecule has 0 heterocycles. The van der Waals surface area contributed by atoms with Crippen molar-refractivity contribution in [3.8, 4) is 0 Å². The number of rotatable bonds is 8. The number of halogens is 4. The first-order valence-corrected chi connectivity index (χ1v) is 5.67. The lowest BCUT2D eigenvalue weighted by molar-refractivity contribution is -0.232. The zero-order chi connectivity index (χ0) is 16.1. The predicted molar refractivity (Wildman–Crippen MR) is 64.7 cm³/mol. The molecule has 0 bridgehead atoms. The first kappa shape index (κ1) is 18.3. The van der Waals surface area contributed by atoms with Crippen molar-refractivity contribution < 1.29 is 31.9 Å². The maximum absolute atomic E-state index is 13.3. The Hall–Kier alpha value is -1.66. The Balaban J connectivity index is 4.63. The fourth-order valence-corrected chi connectivity index (χ4v) is 1.05. The van der Waals surface area contributed by atoms with Crippen LogP contribution in [0.3, 0.4) is 0 Å². The highest BCUT2D eigenvalue weighted by molar-refractivity contribution is 5.94. The summed E-state index contributed by atoms with van der Waals surface area (Å²) < 4.78 is 57.3. The van der Waals surface area contributed by atoms with E-state index in [-0.39, 0.29) is 11.1 Å². The van der Waals surface area contributed by atoms with Gasteiger partial charge in [0.25, 0.3) is 0 Å². The number of ether oxygens (including phenoxy) is 1. The molecule has 0 rings (SSSR count). The average Bonchev–Trinajstić information content (AvgIpc) is 2.32. The van der Waals surface area contributed by atoms with Crippen molar-refractivity contribution in [1.82, 2.24) is 0 Å². The molecule has 0 unspecified atom stereocenters. The monoisotopic (exact) mass is 296 g/mol. The molecule has 3 nitrogen and oxygen atoms in total. The van der Waals surface area contributed by atoms with Gasteiger partial charge in [0.15, 0.2) is 12.4 Å². The Labute approximate surface area is 114 Å². The highest BCUT2D eigenvalue weighted by Gasteiger charge is 2.56. The van der Waals surface area contributed by atoms with Crippen molar-refractivity contribution in [2.45, 2.75) is 38.5 Å². The number of hydrogen-bond donors (Lipinski definition) is 0. The van der Waals surface area contributed by atoms with Crippen LogP contribution in [-0.4, -0.2) is 30.2 Å². The van der Waals surface area contributed by atoms with E-state index in [0.717, 1.165) is 0 Å². The lowest BCUT2D eigenvalue weighted by Crippen LogP contribution is -2.45. The van der Waals surface area contributed by atoms with Gasteiger partial charge in [0.05, 0.1) is 0 Å². The molecule has 20 heavy (non-hydrogen) atoms. The van der Waals surface area contributed by atoms with Crippen LogP contribution in [0.2, 0.25) is 0 Å². The van der Waals surface area contributed by atoms with E-state index < -0.39 is 43.0 Å². The van der Waals surface area contributed by atoms with Gasteiger partial charge in [-0.05, 0) is 19.4 Å². The van der Waals surface area contributed by atoms with Gasteiger partial charge in [-0.25, -0.2) is 4.79 Å². The first-order chi connectivity index (χ1) is 8.90. The van der Waals surface area contributed by atoms with Gasteiger partial charge in [0, 0.05) is 18.4 Å². The lowest BCUT2D eigenvalue weighted by atomic mass is 10.0. The third-order valence-electron chi connectivity index (χ3n) is 2.41. The third kappa shape index (κ3) is 5.14. The van der Waals surface area contributed by atoms with Gasteiger partial charge in [-0.15, -0.1) is 0 Å². The number of carbonyl (C=O) groups excluding carboxylic acids is 2. The molecule has 0 aliphatic rings. The molecule has 0 aromatic heterocycles. The molecule has 0 saturated heterocycles. The van der Waals surface area contributed by atoms with Crippen molar-refractivity contribution in [3.63, 3.8) is 0 Å². The second-order valence-electron chi connectivity index (χ2n) is 4.47. The summed E-state index contributed by atoms with van der Waals surface area (Å²) in [6.07, 6.45) is -2.11. The van der Waals surface area contributed by atoms with Crippen LogP contribution in [0.4, 0.5) is 17.6 Å². The van der Waals surface area contributed by atoms with Crippen molar-refractivity contribution in [1.29, 1.82) is 0 Å². The molecule has 0 atom stereocenters. The number of hydrogen-bond acceptors (Lipinski definition) is 3. The van der Waals surface area contributed by atoms with Crippen molar-refractivity contribution in [2.75, 3.05) is 6.61 Å². The summed E-state index contributed by atoms with van der Waals surface area (Å²) in [5.74, 6) is -10.9. The molecule has 0 radical (unpaired) electrons. The van der Waals surface area contributed by atoms with Gasteiger partial charge in [-0.3, -0.25) is 4.79 Å². The Bertz CT molecular complexity index is 387. The summed E-state index contributed by atoms with van der Waals surface area (Å²) in [5, 5.41) is 0. The third-order valence-corrected chi connectivity index (χ3v) is 2.41. The van der Waals surface area contributed by atoms with E-state index in [0.29, 0.717) is 0 Å². The summed E-state index contributed by atoms with van der Waals surface area (Å²) in [6, 6.07) is 0. The Morgan fingerprint density at radius 2 is 1.50 bits per heavy atom. The van der Waals surface area contributed by atoms with Crippen LogP contribution < -0.4 is 0 Å². The highest BCUT2D eigenvalue weighted by Crippen LogP contribution is 2.38. The van der Waals surface area contributed by atoms with Crippen LogP contribution in [0.25, 0.3) is 0 Å². The Morgan fingerprint density at radius 3 is 1.90 bits per heavy atom. The summed E-state index contributed by atoms with van der Waals surface area (Å²) in [7, 11) is 0. The second kappa shape index (κ2) is 6.67. The smallest absolute Gasteiger partial charge is 0.343 e. The topological polar surface area (TPSA) is 43.4 Å². The van der Waals surface area contributed by atoms with Gasteiger partial charge in [-0.2, -0.15) is 17.6 Å². The molecular formula is C13H16F4O3. The van der Waals surface area contributed by atoms with E-state index in [1.807, 2.05) is 0 Å². The van der Waals surface area contributed by atoms with E-state index in [1.54, 1.807) is 0 Å². The molecule has 7 heteroatoms. The summed E-state index contributed by atoms with van der Waals surface area (Å²) >= 11 is 0. The molecule has 0 amide bonds. The van der Waals surface area contributed by atoms with E-state index >= 15 is 0 Å². The van der Waals surface area contributed by atoms with Crippen molar-refractivity contribution in [2.24, 2.45) is 0 Å². The zero-order valence-corrected chi connectivity index (χ0v) is 11.3. The molecule has 0 saturated carbocycles. The van der Waals surface area contributed by atoms with Gasteiger partial charge in [-0.1, -0.05) is 13.2 Å². The van der Waals surface area contributed by atoms with E-state index in [9.17, 15) is 27.2 Å². The van der Waals surface area contributed by atoms with Gasteiger partial charge >= 0.3 is 17.8 Å². The van der Waals surface area contributed by atoms with Crippen LogP contribution in [0.1, 0.15) is 26.7 Å². The SMILES string of the molecule is C=C(C)C(=O)CCC(F)(F)C(F)(F)COC(=O)C(=C)C. The van der Waals surface area contributed by atoms with E-state index in [4.69, 9.17) is 0 Å². The number of allylic oxidation sites excluding steroid dienone is 1. The average molecular weight is 296 g/mol. The van der Waals surface area contributed by atoms with Crippen molar-refractivity contribution in [3.05, 3.63) is 24.3 Å². The van der Waals surface area contributed by atoms with Crippen LogP contribution in [0, 0.1) is 0 Å². The minimum atomic E-state index is -4.56. The molecule has 0 aromatic rings. The summed E-state index contributed by atoms with van der Waals surface area (Å²) in [6.45, 7) is 7.10. The molecule has 0 fully saturated rings. The van der Waals surface area contributed by atoms with Crippen LogP contribution in [-0.2, 0) is 14.3 Å². The molecule has 0 aromatic carbocycles. The number of alkyl halides is 4. The first-order valence-electron chi connectivity index (χ1n) is 5.67. The minimum Gasteiger partial charge on any atom is -0.456 e. The van der Waals surface area contributed by atoms with Gasteiger partial charge in [0.2, 0.25) is 0 Å². The van der Waals surface area contributed by atoms with Crippen LogP contribution >= 0.6 is 0 Å². The summed E-state index contributed by atoms with van der Waals surface area (Å²) in [5.41, 5.74) is -0.167. The Kier molecular flexibility index (Phi) is 6.12. The zero-order valence-electron chi connectivity index (χ0n) is 11.3. The van der Waals surface area contributed by atoms with Crippen LogP contribution in [0.15, 0.2) is 24.3 Å². The maximum Gasteiger partial charge on any atom is 0.343 e. The molecule has 0 N–H and O–H groups in total. The number of ketones is 1. The predicted octanol–water partition coefficient (Wildman–Crippen LogP) is 3.30.